The maximum atomic E-state index is 13.9. The van der Waals surface area contributed by atoms with Gasteiger partial charge in [-0.3, -0.25) is 19.2 Å². The van der Waals surface area contributed by atoms with Gasteiger partial charge in [0, 0.05) is 29.9 Å². The molecule has 3 aromatic carbocycles. The fourth-order valence-electron chi connectivity index (χ4n) is 5.58. The van der Waals surface area contributed by atoms with Gasteiger partial charge in [0.2, 0.25) is 17.7 Å². The van der Waals surface area contributed by atoms with Gasteiger partial charge in [-0.15, -0.1) is 0 Å². The lowest BCUT2D eigenvalue weighted by Crippen LogP contribution is -2.58. The van der Waals surface area contributed by atoms with Gasteiger partial charge in [0.25, 0.3) is 5.91 Å². The van der Waals surface area contributed by atoms with Crippen molar-refractivity contribution >= 4 is 40.5 Å². The largest absolute Gasteiger partial charge is 0.507 e. The Labute approximate surface area is 282 Å². The maximum Gasteiger partial charge on any atom is 0.328 e. The Kier molecular flexibility index (Phi) is 10.5. The number of carbonyl (C=O) groups excluding carboxylic acids is 5. The average Bonchev–Trinajstić information content (AvgIpc) is 3.49. The monoisotopic (exact) mass is 669 g/mol. The highest BCUT2D eigenvalue weighted by molar-refractivity contribution is 6.01. The van der Waals surface area contributed by atoms with Crippen LogP contribution in [0, 0.1) is 5.92 Å². The van der Waals surface area contributed by atoms with E-state index in [2.05, 4.69) is 26.3 Å². The Hall–Kier alpha value is -5.85. The fourth-order valence-corrected chi connectivity index (χ4v) is 5.58. The van der Waals surface area contributed by atoms with Crippen LogP contribution in [0.25, 0.3) is 10.9 Å². The van der Waals surface area contributed by atoms with E-state index in [1.807, 2.05) is 24.3 Å². The van der Waals surface area contributed by atoms with Gasteiger partial charge in [-0.05, 0) is 60.4 Å². The maximum absolute atomic E-state index is 13.9. The zero-order valence-corrected chi connectivity index (χ0v) is 27.5. The van der Waals surface area contributed by atoms with Crippen molar-refractivity contribution in [2.24, 2.45) is 5.92 Å². The minimum absolute atomic E-state index is 0.0352. The standard InChI is InChI=1S/C36H39N5O8/c1-19(2)31-35(46)38-20(3)32(43)39-28(34(45)40-29(36(47)48-4)16-22-18-37-27-8-6-5-7-25(22)27)15-21-9-11-23(12-10-21)49-24-13-14-30(42)26(17-24)33(44)41-31/h5-14,17-20,28-29,31,37,42H,15-16H2,1-4H3,(H,38,46)(H,39,43)(H,40,45)(H,41,44)/t20-,28+,29-,31-/m0/s1. The van der Waals surface area contributed by atoms with Crippen LogP contribution in [-0.2, 0) is 36.8 Å². The molecule has 13 nitrogen and oxygen atoms in total. The Morgan fingerprint density at radius 3 is 2.39 bits per heavy atom. The summed E-state index contributed by atoms with van der Waals surface area (Å²) in [4.78, 5) is 69.9. The molecule has 4 bridgehead atoms. The number of phenolic OH excluding ortho intramolecular Hbond substituents is 1. The number of methoxy groups -OCH3 is 1. The summed E-state index contributed by atoms with van der Waals surface area (Å²) in [6.45, 7) is 4.89. The first-order chi connectivity index (χ1) is 23.4. The van der Waals surface area contributed by atoms with Gasteiger partial charge in [-0.25, -0.2) is 4.79 Å². The molecule has 0 spiro atoms. The fraction of sp³-hybridized carbons (Fsp3) is 0.306. The molecule has 13 heteroatoms. The van der Waals surface area contributed by atoms with E-state index in [4.69, 9.17) is 9.47 Å². The molecule has 6 rings (SSSR count). The van der Waals surface area contributed by atoms with E-state index in [-0.39, 0.29) is 29.9 Å². The smallest absolute Gasteiger partial charge is 0.328 e. The van der Waals surface area contributed by atoms with Crippen LogP contribution in [0.3, 0.4) is 0 Å². The third-order valence-corrected chi connectivity index (χ3v) is 8.33. The summed E-state index contributed by atoms with van der Waals surface area (Å²) in [5, 5.41) is 22.0. The Morgan fingerprint density at radius 1 is 0.959 bits per heavy atom. The summed E-state index contributed by atoms with van der Waals surface area (Å²) in [5.74, 6) is -3.34. The number of esters is 1. The minimum atomic E-state index is -1.16. The molecule has 2 aliphatic heterocycles. The van der Waals surface area contributed by atoms with E-state index in [0.29, 0.717) is 11.3 Å². The summed E-state index contributed by atoms with van der Waals surface area (Å²) < 4.78 is 10.9. The van der Waals surface area contributed by atoms with Gasteiger partial charge in [0.1, 0.15) is 41.4 Å². The molecule has 0 fully saturated rings. The normalized spacial score (nSPS) is 19.1. The number of rotatable bonds is 6. The van der Waals surface area contributed by atoms with Crippen LogP contribution < -0.4 is 26.0 Å². The summed E-state index contributed by atoms with van der Waals surface area (Å²) >= 11 is 0. The number of nitrogens with one attached hydrogen (secondary N) is 5. The van der Waals surface area contributed by atoms with Gasteiger partial charge in [0.05, 0.1) is 12.7 Å². The predicted molar refractivity (Wildman–Crippen MR) is 180 cm³/mol. The SMILES string of the molecule is COC(=O)[C@H](Cc1c[nH]c2ccccc12)NC(=O)[C@H]1Cc2ccc(cc2)Oc2ccc(O)c(c2)C(=O)N[C@@H](C(C)C)C(=O)N[C@@H](C)C(=O)N1. The second kappa shape index (κ2) is 14.9. The van der Waals surface area contributed by atoms with Crippen LogP contribution in [-0.4, -0.2) is 71.0 Å². The van der Waals surface area contributed by atoms with Crippen LogP contribution in [0.15, 0.2) is 72.9 Å². The topological polar surface area (TPSA) is 188 Å². The minimum Gasteiger partial charge on any atom is -0.507 e. The summed E-state index contributed by atoms with van der Waals surface area (Å²) in [7, 11) is 1.23. The van der Waals surface area contributed by atoms with Crippen LogP contribution in [0.1, 0.15) is 42.3 Å². The highest BCUT2D eigenvalue weighted by Gasteiger charge is 2.32. The molecule has 0 saturated heterocycles. The summed E-state index contributed by atoms with van der Waals surface area (Å²) in [5.41, 5.74) is 2.22. The molecule has 49 heavy (non-hydrogen) atoms. The van der Waals surface area contributed by atoms with Crippen molar-refractivity contribution in [3.05, 3.63) is 89.6 Å². The van der Waals surface area contributed by atoms with Gasteiger partial charge in [-0.1, -0.05) is 44.2 Å². The average molecular weight is 670 g/mol. The van der Waals surface area contributed by atoms with Gasteiger partial charge >= 0.3 is 5.97 Å². The van der Waals surface area contributed by atoms with Crippen molar-refractivity contribution in [2.75, 3.05) is 7.11 Å². The first-order valence-corrected chi connectivity index (χ1v) is 15.9. The Morgan fingerprint density at radius 2 is 1.67 bits per heavy atom. The summed E-state index contributed by atoms with van der Waals surface area (Å²) in [6.07, 6.45) is 1.93. The molecule has 4 atom stereocenters. The van der Waals surface area contributed by atoms with E-state index < -0.39 is 59.7 Å². The highest BCUT2D eigenvalue weighted by Crippen LogP contribution is 2.28. The van der Waals surface area contributed by atoms with Crippen LogP contribution in [0.5, 0.6) is 17.2 Å². The number of aromatic hydroxyl groups is 1. The van der Waals surface area contributed by atoms with E-state index in [9.17, 15) is 29.1 Å². The van der Waals surface area contributed by atoms with Gasteiger partial charge in [0.15, 0.2) is 0 Å². The number of amides is 4. The van der Waals surface area contributed by atoms with E-state index >= 15 is 0 Å². The molecule has 6 N–H and O–H groups in total. The lowest BCUT2D eigenvalue weighted by Gasteiger charge is -2.26. The van der Waals surface area contributed by atoms with Crippen LogP contribution >= 0.6 is 0 Å². The number of carbonyl (C=O) groups is 5. The first-order valence-electron chi connectivity index (χ1n) is 15.9. The quantitative estimate of drug-likeness (QED) is 0.134. The number of hydrogen-bond acceptors (Lipinski definition) is 8. The molecule has 1 aromatic heterocycles. The van der Waals surface area contributed by atoms with Crippen molar-refractivity contribution in [3.63, 3.8) is 0 Å². The predicted octanol–water partition coefficient (Wildman–Crippen LogP) is 2.87. The summed E-state index contributed by atoms with van der Waals surface area (Å²) in [6, 6.07) is 14.1. The molecule has 3 heterocycles. The Bertz CT molecular complexity index is 1870. The number of ether oxygens (including phenoxy) is 2. The third-order valence-electron chi connectivity index (χ3n) is 8.33. The number of fused-ring (bicyclic) bond motifs is 12. The molecule has 0 unspecified atom stereocenters. The second-order valence-corrected chi connectivity index (χ2v) is 12.3. The van der Waals surface area contributed by atoms with Crippen molar-refractivity contribution in [3.8, 4) is 17.2 Å². The van der Waals surface area contributed by atoms with Crippen molar-refractivity contribution < 1.29 is 38.6 Å². The van der Waals surface area contributed by atoms with Gasteiger partial charge in [-0.2, -0.15) is 0 Å². The Balaban J connectivity index is 1.44. The molecular formula is C36H39N5O8. The first kappa shape index (κ1) is 34.5. The lowest BCUT2D eigenvalue weighted by molar-refractivity contribution is -0.145. The van der Waals surface area contributed by atoms with E-state index in [1.165, 1.54) is 32.2 Å². The molecule has 2 aliphatic rings. The van der Waals surface area contributed by atoms with Crippen molar-refractivity contribution in [2.45, 2.75) is 57.8 Å². The molecule has 256 valence electrons. The van der Waals surface area contributed by atoms with E-state index in [1.54, 1.807) is 44.3 Å². The molecule has 0 aliphatic carbocycles. The number of aromatic amines is 1. The van der Waals surface area contributed by atoms with Crippen LogP contribution in [0.2, 0.25) is 0 Å². The number of H-pyrrole nitrogens is 1. The number of phenols is 1. The lowest BCUT2D eigenvalue weighted by atomic mass is 10.0. The second-order valence-electron chi connectivity index (χ2n) is 12.3. The van der Waals surface area contributed by atoms with Crippen LogP contribution in [0.4, 0.5) is 0 Å². The molecular weight excluding hydrogens is 630 g/mol. The van der Waals surface area contributed by atoms with Crippen molar-refractivity contribution in [1.29, 1.82) is 0 Å². The van der Waals surface area contributed by atoms with Crippen molar-refractivity contribution in [1.82, 2.24) is 26.3 Å². The number of para-hydroxylation sites is 1. The van der Waals surface area contributed by atoms with Gasteiger partial charge < -0.3 is 40.8 Å². The molecule has 4 amide bonds. The highest BCUT2D eigenvalue weighted by atomic mass is 16.5. The third kappa shape index (κ3) is 8.18. The number of benzene rings is 3. The zero-order chi connectivity index (χ0) is 35.2. The molecule has 0 radical (unpaired) electrons. The number of hydrogen-bond donors (Lipinski definition) is 6. The molecule has 4 aromatic rings. The zero-order valence-electron chi connectivity index (χ0n) is 27.5. The van der Waals surface area contributed by atoms with E-state index in [0.717, 1.165) is 16.5 Å². The number of aromatic nitrogens is 1. The molecule has 0 saturated carbocycles.